The molecule has 0 aliphatic heterocycles. The maximum Gasteiger partial charge on any atom is 0.417 e. The average Bonchev–Trinajstić information content (AvgIpc) is 3.13. The van der Waals surface area contributed by atoms with Gasteiger partial charge >= 0.3 is 12.2 Å². The smallest absolute Gasteiger partial charge is 0.308 e. The number of fused-ring (bicyclic) bond motifs is 1. The third-order valence-electron chi connectivity index (χ3n) is 4.23. The van der Waals surface area contributed by atoms with Gasteiger partial charge in [-0.1, -0.05) is 11.6 Å². The van der Waals surface area contributed by atoms with Crippen molar-refractivity contribution >= 4 is 40.0 Å². The quantitative estimate of drug-likeness (QED) is 0.434. The second-order valence-corrected chi connectivity index (χ2v) is 6.70. The summed E-state index contributed by atoms with van der Waals surface area (Å²) < 4.78 is 40.5. The van der Waals surface area contributed by atoms with E-state index in [9.17, 15) is 18.0 Å². The summed E-state index contributed by atoms with van der Waals surface area (Å²) in [5.74, 6) is 0. The predicted octanol–water partition coefficient (Wildman–Crippen LogP) is 5.74. The summed E-state index contributed by atoms with van der Waals surface area (Å²) >= 11 is 5.58. The van der Waals surface area contributed by atoms with E-state index < -0.39 is 22.8 Å². The number of rotatable bonds is 3. The van der Waals surface area contributed by atoms with Crippen LogP contribution in [-0.2, 0) is 6.18 Å². The Balaban J connectivity index is 1.47. The lowest BCUT2D eigenvalue weighted by atomic mass is 10.2. The molecular formula is C20H13ClF3N5O. The Morgan fingerprint density at radius 2 is 1.70 bits per heavy atom. The van der Waals surface area contributed by atoms with Crippen molar-refractivity contribution in [3.05, 3.63) is 77.6 Å². The normalized spacial score (nSPS) is 11.5. The Kier molecular flexibility index (Phi) is 5.04. The van der Waals surface area contributed by atoms with Crippen molar-refractivity contribution in [3.8, 4) is 5.69 Å². The highest BCUT2D eigenvalue weighted by Crippen LogP contribution is 2.36. The molecule has 0 aliphatic rings. The Bertz CT molecular complexity index is 1220. The van der Waals surface area contributed by atoms with Crippen LogP contribution in [0.5, 0.6) is 0 Å². The van der Waals surface area contributed by atoms with Crippen molar-refractivity contribution in [2.24, 2.45) is 0 Å². The zero-order valence-electron chi connectivity index (χ0n) is 15.1. The highest BCUT2D eigenvalue weighted by molar-refractivity contribution is 6.31. The number of hydrogen-bond donors (Lipinski definition) is 2. The monoisotopic (exact) mass is 431 g/mol. The summed E-state index contributed by atoms with van der Waals surface area (Å²) in [6.45, 7) is 0. The SMILES string of the molecule is O=C(Nc1ccc(-n2ncc3cccnc32)cc1)Nc1ccc(Cl)c(C(F)(F)F)c1. The minimum atomic E-state index is -4.62. The second-order valence-electron chi connectivity index (χ2n) is 6.29. The Labute approximate surface area is 173 Å². The van der Waals surface area contributed by atoms with Crippen LogP contribution in [0.3, 0.4) is 0 Å². The second kappa shape index (κ2) is 7.68. The number of alkyl halides is 3. The maximum absolute atomic E-state index is 12.9. The molecule has 0 fully saturated rings. The van der Waals surface area contributed by atoms with Crippen LogP contribution in [0, 0.1) is 0 Å². The van der Waals surface area contributed by atoms with E-state index in [1.165, 1.54) is 6.07 Å². The third kappa shape index (κ3) is 4.06. The summed E-state index contributed by atoms with van der Waals surface area (Å²) in [5.41, 5.74) is 0.827. The number of amides is 2. The van der Waals surface area contributed by atoms with E-state index in [1.54, 1.807) is 41.3 Å². The standard InChI is InChI=1S/C20H13ClF3N5O/c21-17-8-5-14(10-16(17)20(22,23)24)28-19(30)27-13-3-6-15(7-4-13)29-18-12(11-26-29)2-1-9-25-18/h1-11H,(H2,27,28,30). The predicted molar refractivity (Wildman–Crippen MR) is 108 cm³/mol. The van der Waals surface area contributed by atoms with Gasteiger partial charge in [0.1, 0.15) is 0 Å². The first kappa shape index (κ1) is 19.7. The minimum absolute atomic E-state index is 0.0325. The van der Waals surface area contributed by atoms with Gasteiger partial charge in [0, 0.05) is 23.0 Å². The summed E-state index contributed by atoms with van der Waals surface area (Å²) in [7, 11) is 0. The molecule has 10 heteroatoms. The number of halogens is 4. The van der Waals surface area contributed by atoms with Gasteiger partial charge in [-0.2, -0.15) is 18.3 Å². The number of nitrogens with one attached hydrogen (secondary N) is 2. The molecule has 4 aromatic rings. The van der Waals surface area contributed by atoms with Crippen LogP contribution >= 0.6 is 11.6 Å². The first-order chi connectivity index (χ1) is 14.3. The molecule has 0 unspecified atom stereocenters. The van der Waals surface area contributed by atoms with Gasteiger partial charge in [0.05, 0.1) is 22.5 Å². The van der Waals surface area contributed by atoms with E-state index >= 15 is 0 Å². The molecule has 2 aromatic heterocycles. The summed E-state index contributed by atoms with van der Waals surface area (Å²) in [6, 6.07) is 12.9. The summed E-state index contributed by atoms with van der Waals surface area (Å²) in [4.78, 5) is 16.4. The van der Waals surface area contributed by atoms with Crippen LogP contribution in [0.25, 0.3) is 16.7 Å². The van der Waals surface area contributed by atoms with Gasteiger partial charge in [-0.3, -0.25) is 0 Å². The van der Waals surface area contributed by atoms with Crippen LogP contribution in [0.4, 0.5) is 29.3 Å². The number of urea groups is 1. The molecule has 2 heterocycles. The fourth-order valence-corrected chi connectivity index (χ4v) is 3.08. The fourth-order valence-electron chi connectivity index (χ4n) is 2.85. The number of hydrogen-bond acceptors (Lipinski definition) is 3. The first-order valence-electron chi connectivity index (χ1n) is 8.65. The largest absolute Gasteiger partial charge is 0.417 e. The maximum atomic E-state index is 12.9. The average molecular weight is 432 g/mol. The van der Waals surface area contributed by atoms with Crippen molar-refractivity contribution in [2.75, 3.05) is 10.6 Å². The van der Waals surface area contributed by atoms with Crippen molar-refractivity contribution in [3.63, 3.8) is 0 Å². The Morgan fingerprint density at radius 1 is 1.00 bits per heavy atom. The van der Waals surface area contributed by atoms with Gasteiger partial charge in [0.15, 0.2) is 5.65 Å². The number of carbonyl (C=O) groups excluding carboxylic acids is 1. The zero-order valence-corrected chi connectivity index (χ0v) is 15.9. The number of anilines is 2. The lowest BCUT2D eigenvalue weighted by Gasteiger charge is -2.12. The molecule has 0 bridgehead atoms. The number of aromatic nitrogens is 3. The third-order valence-corrected chi connectivity index (χ3v) is 4.56. The van der Waals surface area contributed by atoms with Crippen molar-refractivity contribution in [1.29, 1.82) is 0 Å². The van der Waals surface area contributed by atoms with Crippen LogP contribution in [0.1, 0.15) is 5.56 Å². The first-order valence-corrected chi connectivity index (χ1v) is 9.03. The molecule has 2 N–H and O–H groups in total. The minimum Gasteiger partial charge on any atom is -0.308 e. The number of benzene rings is 2. The van der Waals surface area contributed by atoms with E-state index in [0.29, 0.717) is 11.3 Å². The van der Waals surface area contributed by atoms with Crippen LogP contribution in [0.2, 0.25) is 5.02 Å². The molecule has 0 atom stereocenters. The summed E-state index contributed by atoms with van der Waals surface area (Å²) in [5, 5.41) is 9.67. The highest BCUT2D eigenvalue weighted by Gasteiger charge is 2.33. The van der Waals surface area contributed by atoms with Crippen molar-refractivity contribution in [2.45, 2.75) is 6.18 Å². The molecule has 0 spiro atoms. The molecule has 2 amide bonds. The highest BCUT2D eigenvalue weighted by atomic mass is 35.5. The molecule has 4 rings (SSSR count). The molecule has 0 aliphatic carbocycles. The molecule has 0 saturated carbocycles. The Hall–Kier alpha value is -3.59. The van der Waals surface area contributed by atoms with Crippen LogP contribution < -0.4 is 10.6 Å². The fraction of sp³-hybridized carbons (Fsp3) is 0.0500. The van der Waals surface area contributed by atoms with Crippen molar-refractivity contribution in [1.82, 2.24) is 14.8 Å². The Morgan fingerprint density at radius 3 is 2.43 bits per heavy atom. The molecule has 30 heavy (non-hydrogen) atoms. The van der Waals surface area contributed by atoms with Gasteiger partial charge in [-0.15, -0.1) is 0 Å². The molecule has 152 valence electrons. The topological polar surface area (TPSA) is 71.8 Å². The van der Waals surface area contributed by atoms with E-state index in [4.69, 9.17) is 11.6 Å². The number of carbonyl (C=O) groups is 1. The van der Waals surface area contributed by atoms with Gasteiger partial charge in [0.2, 0.25) is 0 Å². The number of nitrogens with zero attached hydrogens (tertiary/aromatic N) is 3. The summed E-state index contributed by atoms with van der Waals surface area (Å²) in [6.07, 6.45) is -1.25. The van der Waals surface area contributed by atoms with Gasteiger partial charge < -0.3 is 10.6 Å². The molecular weight excluding hydrogens is 419 g/mol. The van der Waals surface area contributed by atoms with E-state index in [2.05, 4.69) is 20.7 Å². The molecule has 0 saturated heterocycles. The van der Waals surface area contributed by atoms with Gasteiger partial charge in [0.25, 0.3) is 0 Å². The van der Waals surface area contributed by atoms with Crippen molar-refractivity contribution < 1.29 is 18.0 Å². The van der Waals surface area contributed by atoms with E-state index in [0.717, 1.165) is 23.2 Å². The lowest BCUT2D eigenvalue weighted by molar-refractivity contribution is -0.137. The number of pyridine rings is 1. The van der Waals surface area contributed by atoms with E-state index in [-0.39, 0.29) is 5.69 Å². The van der Waals surface area contributed by atoms with Gasteiger partial charge in [-0.05, 0) is 54.6 Å². The van der Waals surface area contributed by atoms with Crippen LogP contribution in [-0.4, -0.2) is 20.8 Å². The molecule has 0 radical (unpaired) electrons. The lowest BCUT2D eigenvalue weighted by Crippen LogP contribution is -2.20. The van der Waals surface area contributed by atoms with E-state index in [1.807, 2.05) is 12.1 Å². The zero-order chi connectivity index (χ0) is 21.3. The molecule has 2 aromatic carbocycles. The molecule has 6 nitrogen and oxygen atoms in total. The van der Waals surface area contributed by atoms with Gasteiger partial charge in [-0.25, -0.2) is 14.5 Å². The van der Waals surface area contributed by atoms with Crippen LogP contribution in [0.15, 0.2) is 67.0 Å².